The molecule has 1 saturated heterocycles. The van der Waals surface area contributed by atoms with Gasteiger partial charge in [0.25, 0.3) is 0 Å². The highest BCUT2D eigenvalue weighted by Crippen LogP contribution is 2.39. The van der Waals surface area contributed by atoms with E-state index in [9.17, 15) is 58.5 Å². The summed E-state index contributed by atoms with van der Waals surface area (Å²) in [7, 11) is 2.00. The van der Waals surface area contributed by atoms with Crippen molar-refractivity contribution in [2.45, 2.75) is 125 Å². The van der Waals surface area contributed by atoms with E-state index < -0.39 is 119 Å². The van der Waals surface area contributed by atoms with Crippen LogP contribution in [0.15, 0.2) is 78.9 Å². The summed E-state index contributed by atoms with van der Waals surface area (Å²) < 4.78 is -1.37. The van der Waals surface area contributed by atoms with Gasteiger partial charge in [0, 0.05) is 23.3 Å². The molecule has 4 rings (SSSR count). The summed E-state index contributed by atoms with van der Waals surface area (Å²) in [6, 6.07) is 9.06. The summed E-state index contributed by atoms with van der Waals surface area (Å²) in [6.07, 6.45) is 1.71. The number of aromatic hydroxyl groups is 2. The van der Waals surface area contributed by atoms with Gasteiger partial charge in [-0.05, 0) is 113 Å². The van der Waals surface area contributed by atoms with Gasteiger partial charge in [-0.15, -0.1) is 0 Å². The van der Waals surface area contributed by atoms with Crippen LogP contribution in [0, 0.1) is 0 Å². The number of hydrogen-bond donors (Lipinski definition) is 15. The van der Waals surface area contributed by atoms with Crippen molar-refractivity contribution in [2.75, 3.05) is 32.0 Å². The minimum absolute atomic E-state index is 0.0113. The Kier molecular flexibility index (Phi) is 26.1. The molecule has 426 valence electrons. The van der Waals surface area contributed by atoms with Crippen molar-refractivity contribution < 1.29 is 58.5 Å². The average Bonchev–Trinajstić information content (AvgIpc) is 3.41. The number of nitrogens with one attached hydrogen (secondary N) is 8. The van der Waals surface area contributed by atoms with Crippen LogP contribution in [0.2, 0.25) is 0 Å². The van der Waals surface area contributed by atoms with Gasteiger partial charge >= 0.3 is 0 Å². The van der Waals surface area contributed by atoms with Crippen molar-refractivity contribution in [1.29, 1.82) is 0 Å². The van der Waals surface area contributed by atoms with E-state index in [0.717, 1.165) is 21.6 Å². The largest absolute Gasteiger partial charge is 0.508 e. The Morgan fingerprint density at radius 2 is 1.21 bits per heavy atom. The van der Waals surface area contributed by atoms with E-state index in [4.69, 9.17) is 22.9 Å². The number of hydrogen-bond acceptors (Lipinski definition) is 17. The number of aliphatic hydroxyl groups excluding tert-OH is 1. The molecule has 0 radical (unpaired) electrons. The highest BCUT2D eigenvalue weighted by atomic mass is 33.1. The molecular weight excluding hydrogens is 1050 g/mol. The van der Waals surface area contributed by atoms with E-state index >= 15 is 0 Å². The van der Waals surface area contributed by atoms with Crippen molar-refractivity contribution >= 4 is 74.8 Å². The van der Waals surface area contributed by atoms with Crippen molar-refractivity contribution in [3.05, 3.63) is 95.6 Å². The van der Waals surface area contributed by atoms with Gasteiger partial charge in [0.15, 0.2) is 0 Å². The maximum Gasteiger partial charge on any atom is 0.245 e. The molecule has 78 heavy (non-hydrogen) atoms. The van der Waals surface area contributed by atoms with Crippen LogP contribution in [0.4, 0.5) is 0 Å². The summed E-state index contributed by atoms with van der Waals surface area (Å²) >= 11 is 0. The number of benzene rings is 3. The lowest BCUT2D eigenvalue weighted by Gasteiger charge is -2.35. The van der Waals surface area contributed by atoms with Gasteiger partial charge < -0.3 is 80.8 Å². The second-order valence-electron chi connectivity index (χ2n) is 19.2. The first-order valence-electron chi connectivity index (χ1n) is 25.5. The van der Waals surface area contributed by atoms with E-state index in [2.05, 4.69) is 42.5 Å². The summed E-state index contributed by atoms with van der Waals surface area (Å²) in [5.74, 6) is -8.19. The molecule has 24 nitrogen and oxygen atoms in total. The Morgan fingerprint density at radius 3 is 1.78 bits per heavy atom. The normalized spacial score (nSPS) is 20.9. The summed E-state index contributed by atoms with van der Waals surface area (Å²) in [5, 5.41) is 51.0. The van der Waals surface area contributed by atoms with Crippen LogP contribution in [0.5, 0.6) is 11.5 Å². The zero-order chi connectivity index (χ0) is 57.4. The molecule has 1 aliphatic rings. The van der Waals surface area contributed by atoms with E-state index in [1.54, 1.807) is 56.3 Å². The lowest BCUT2D eigenvalue weighted by Crippen LogP contribution is -2.62. The second-order valence-corrected chi connectivity index (χ2v) is 22.2. The van der Waals surface area contributed by atoms with Crippen LogP contribution < -0.4 is 65.5 Å². The highest BCUT2D eigenvalue weighted by molar-refractivity contribution is 8.77. The van der Waals surface area contributed by atoms with Gasteiger partial charge in [-0.3, -0.25) is 43.2 Å². The van der Waals surface area contributed by atoms with Gasteiger partial charge in [-0.1, -0.05) is 76.2 Å². The molecule has 19 N–H and O–H groups in total. The molecule has 1 fully saturated rings. The van der Waals surface area contributed by atoms with Crippen LogP contribution in [-0.2, 0) is 62.4 Å². The Labute approximate surface area is 460 Å². The number of nitrogens with two attached hydrogens (primary N) is 4. The summed E-state index contributed by atoms with van der Waals surface area (Å²) in [6.45, 7) is 2.09. The second kappa shape index (κ2) is 32.1. The molecule has 9 amide bonds. The maximum atomic E-state index is 14.7. The van der Waals surface area contributed by atoms with Crippen LogP contribution in [-0.4, -0.2) is 154 Å². The molecule has 1 heterocycles. The number of carbonyl (C=O) groups is 9. The number of carbonyl (C=O) groups excluding carboxylic acids is 9. The lowest BCUT2D eigenvalue weighted by molar-refractivity contribution is -0.135. The maximum absolute atomic E-state index is 14.7. The molecular formula is C52H74N12O12S2. The van der Waals surface area contributed by atoms with Gasteiger partial charge in [0.1, 0.15) is 53.8 Å². The number of amides is 9. The van der Waals surface area contributed by atoms with E-state index in [1.165, 1.54) is 36.4 Å². The van der Waals surface area contributed by atoms with Crippen molar-refractivity contribution in [1.82, 2.24) is 42.5 Å². The fourth-order valence-corrected chi connectivity index (χ4v) is 10.8. The number of phenolic OH excluding ortho intramolecular Hbond substituents is 2. The Hall–Kier alpha value is -6.97. The summed E-state index contributed by atoms with van der Waals surface area (Å²) in [5.41, 5.74) is 25.1. The zero-order valence-corrected chi connectivity index (χ0v) is 45.3. The van der Waals surface area contributed by atoms with Crippen LogP contribution in [0.1, 0.15) is 69.1 Å². The minimum atomic E-state index is -1.66. The van der Waals surface area contributed by atoms with Crippen molar-refractivity contribution in [3.63, 3.8) is 0 Å². The first-order chi connectivity index (χ1) is 37.1. The molecule has 26 heteroatoms. The number of rotatable bonds is 22. The fourth-order valence-electron chi connectivity index (χ4n) is 8.02. The molecule has 0 aliphatic carbocycles. The first-order valence-corrected chi connectivity index (χ1v) is 27.8. The van der Waals surface area contributed by atoms with Crippen molar-refractivity contribution in [3.8, 4) is 11.5 Å². The third kappa shape index (κ3) is 21.1. The molecule has 1 aliphatic heterocycles. The van der Waals surface area contributed by atoms with Gasteiger partial charge in [0.2, 0.25) is 53.2 Å². The third-order valence-electron chi connectivity index (χ3n) is 12.5. The molecule has 0 aromatic heterocycles. The topological polar surface area (TPSA) is 415 Å². The van der Waals surface area contributed by atoms with E-state index in [0.29, 0.717) is 48.9 Å². The van der Waals surface area contributed by atoms with Gasteiger partial charge in [-0.2, -0.15) is 0 Å². The number of aliphatic hydroxyl groups is 1. The SMILES string of the molecule is CC1(C)SSCC(C(=O)N[C@@H](CCCCN)C(=O)N[C@@H](CCCCN)C(N)=O)NC(=O)[C@H](Cc2ccccc2)NC(=O)[C@H](CO)NC(=O)CNC(=O)[C@H](Cc2ccc(O)cc2)NC(=O)[C@H]1NC(=O)[C@@H](N)Cc1ccc(O)cc1. The van der Waals surface area contributed by atoms with Gasteiger partial charge in [0.05, 0.1) is 19.2 Å². The van der Waals surface area contributed by atoms with Crippen LogP contribution >= 0.6 is 21.6 Å². The fraction of sp³-hybridized carbons (Fsp3) is 0.481. The highest BCUT2D eigenvalue weighted by Gasteiger charge is 2.41. The molecule has 1 unspecified atom stereocenters. The molecule has 0 saturated carbocycles. The molecule has 3 aromatic rings. The quantitative estimate of drug-likeness (QED) is 0.0377. The molecule has 3 aromatic carbocycles. The lowest BCUT2D eigenvalue weighted by atomic mass is 9.99. The Balaban J connectivity index is 1.80. The van der Waals surface area contributed by atoms with Crippen LogP contribution in [0.3, 0.4) is 0 Å². The number of unbranched alkanes of at least 4 members (excludes halogenated alkanes) is 2. The Bertz CT molecular complexity index is 2490. The molecule has 0 spiro atoms. The monoisotopic (exact) mass is 1120 g/mol. The van der Waals surface area contributed by atoms with Crippen molar-refractivity contribution in [2.24, 2.45) is 22.9 Å². The van der Waals surface area contributed by atoms with Gasteiger partial charge in [-0.25, -0.2) is 0 Å². The number of primary amides is 1. The molecule has 8 atom stereocenters. The predicted molar refractivity (Wildman–Crippen MR) is 294 cm³/mol. The first kappa shape index (κ1) is 63.6. The zero-order valence-electron chi connectivity index (χ0n) is 43.7. The van der Waals surface area contributed by atoms with E-state index in [1.807, 2.05) is 0 Å². The number of phenols is 2. The minimum Gasteiger partial charge on any atom is -0.508 e. The summed E-state index contributed by atoms with van der Waals surface area (Å²) in [4.78, 5) is 126. The smallest absolute Gasteiger partial charge is 0.245 e. The Morgan fingerprint density at radius 1 is 0.667 bits per heavy atom. The molecule has 0 bridgehead atoms. The van der Waals surface area contributed by atoms with Crippen LogP contribution in [0.25, 0.3) is 0 Å². The third-order valence-corrected chi connectivity index (χ3v) is 15.8. The average molecular weight is 1120 g/mol. The van der Waals surface area contributed by atoms with E-state index in [-0.39, 0.29) is 55.9 Å². The predicted octanol–water partition coefficient (Wildman–Crippen LogP) is -2.13. The standard InChI is InChI=1S/C52H74N12O12S2/c1-52(2)43(64-45(70)35(55)24-31-14-18-33(66)19-15-31)51(76)62-38(26-32-16-20-34(67)21-17-32)46(71)57-27-42(68)58-40(28-65)49(74)61-39(25-30-10-4-3-5-11-30)48(73)63-41(29-77-78-52)50(75)60-37(13-7-9-23-54)47(72)59-36(44(56)69)12-6-8-22-53/h3-5,10-11,14-21,35-41,43,65-67H,6-9,12-13,22-29,53-55H2,1-2H3,(H2,56,69)(H,57,71)(H,58,68)(H,59,72)(H,60,75)(H,61,74)(H,62,76)(H,63,73)(H,64,70)/t35-,36-,37-,38-,39-,40-,41?,43+/m0/s1.